The fraction of sp³-hybridized carbons (Fsp3) is 0.923. The molecule has 0 radical (unpaired) electrons. The summed E-state index contributed by atoms with van der Waals surface area (Å²) in [5.41, 5.74) is 0. The molecule has 2 atom stereocenters. The Morgan fingerprint density at radius 2 is 2.06 bits per heavy atom. The Labute approximate surface area is 109 Å². The second kappa shape index (κ2) is 8.81. The molecule has 0 heterocycles. The number of hydrogen-bond donors (Lipinski definition) is 2. The zero-order chi connectivity index (χ0) is 12.5. The Hall–Kier alpha value is -0.220. The van der Waals surface area contributed by atoms with Gasteiger partial charge in [0.2, 0.25) is 5.91 Å². The lowest BCUT2D eigenvalue weighted by molar-refractivity contribution is -0.118. The summed E-state index contributed by atoms with van der Waals surface area (Å²) in [7, 11) is 0. The van der Waals surface area contributed by atoms with Crippen LogP contribution in [0.2, 0.25) is 0 Å². The second-order valence-electron chi connectivity index (χ2n) is 4.65. The van der Waals surface area contributed by atoms with Gasteiger partial charge in [-0.3, -0.25) is 4.79 Å². The number of rotatable bonds is 7. The van der Waals surface area contributed by atoms with Crippen LogP contribution in [0, 0.1) is 0 Å². The average Bonchev–Trinajstić information content (AvgIpc) is 2.35. The molecular formula is C13H26N2OS. The molecule has 17 heavy (non-hydrogen) atoms. The second-order valence-corrected chi connectivity index (χ2v) is 5.88. The maximum Gasteiger partial charge on any atom is 0.229 e. The molecule has 0 aromatic heterocycles. The van der Waals surface area contributed by atoms with E-state index in [0.29, 0.717) is 17.0 Å². The van der Waals surface area contributed by atoms with E-state index < -0.39 is 0 Å². The fourth-order valence-corrected chi connectivity index (χ4v) is 3.56. The molecule has 1 aliphatic rings. The number of carbonyl (C=O) groups excluding carboxylic acids is 1. The third kappa shape index (κ3) is 5.77. The number of nitrogens with one attached hydrogen (secondary N) is 2. The highest BCUT2D eigenvalue weighted by Gasteiger charge is 2.25. The molecular weight excluding hydrogens is 232 g/mol. The maximum atomic E-state index is 11.5. The third-order valence-electron chi connectivity index (χ3n) is 3.16. The minimum atomic E-state index is 0.178. The van der Waals surface area contributed by atoms with Crippen LogP contribution in [0.25, 0.3) is 0 Å². The van der Waals surface area contributed by atoms with Gasteiger partial charge in [-0.05, 0) is 32.7 Å². The third-order valence-corrected chi connectivity index (χ3v) is 4.58. The molecule has 3 nitrogen and oxygen atoms in total. The lowest BCUT2D eigenvalue weighted by Gasteiger charge is -2.31. The van der Waals surface area contributed by atoms with E-state index >= 15 is 0 Å². The SMILES string of the molecule is CCCNC1CCCCC1SCC(=O)NCC. The zero-order valence-electron chi connectivity index (χ0n) is 11.1. The highest BCUT2D eigenvalue weighted by molar-refractivity contribution is 8.00. The molecule has 0 bridgehead atoms. The van der Waals surface area contributed by atoms with Crippen LogP contribution in [-0.2, 0) is 4.79 Å². The molecule has 1 amide bonds. The van der Waals surface area contributed by atoms with Gasteiger partial charge in [-0.15, -0.1) is 11.8 Å². The smallest absolute Gasteiger partial charge is 0.229 e. The van der Waals surface area contributed by atoms with E-state index in [9.17, 15) is 4.79 Å². The molecule has 2 N–H and O–H groups in total. The number of carbonyl (C=O) groups is 1. The van der Waals surface area contributed by atoms with Crippen molar-refractivity contribution in [1.29, 1.82) is 0 Å². The minimum absolute atomic E-state index is 0.178. The van der Waals surface area contributed by atoms with Gasteiger partial charge >= 0.3 is 0 Å². The largest absolute Gasteiger partial charge is 0.356 e. The van der Waals surface area contributed by atoms with Gasteiger partial charge in [-0.25, -0.2) is 0 Å². The summed E-state index contributed by atoms with van der Waals surface area (Å²) in [4.78, 5) is 11.5. The van der Waals surface area contributed by atoms with E-state index in [0.717, 1.165) is 13.1 Å². The van der Waals surface area contributed by atoms with Gasteiger partial charge in [0, 0.05) is 17.8 Å². The lowest BCUT2D eigenvalue weighted by Crippen LogP contribution is -2.41. The maximum absolute atomic E-state index is 11.5. The van der Waals surface area contributed by atoms with E-state index in [1.807, 2.05) is 18.7 Å². The Balaban J connectivity index is 2.29. The average molecular weight is 258 g/mol. The first kappa shape index (κ1) is 14.8. The lowest BCUT2D eigenvalue weighted by atomic mass is 9.95. The van der Waals surface area contributed by atoms with Crippen molar-refractivity contribution in [2.45, 2.75) is 57.2 Å². The van der Waals surface area contributed by atoms with Crippen molar-refractivity contribution in [2.24, 2.45) is 0 Å². The van der Waals surface area contributed by atoms with Gasteiger partial charge in [0.1, 0.15) is 0 Å². The molecule has 2 unspecified atom stereocenters. The molecule has 1 saturated carbocycles. The highest BCUT2D eigenvalue weighted by Crippen LogP contribution is 2.28. The Kier molecular flexibility index (Phi) is 7.69. The summed E-state index contributed by atoms with van der Waals surface area (Å²) in [6.07, 6.45) is 6.36. The summed E-state index contributed by atoms with van der Waals surface area (Å²) in [5.74, 6) is 0.792. The van der Waals surface area contributed by atoms with E-state index in [2.05, 4.69) is 17.6 Å². The molecule has 0 saturated heterocycles. The summed E-state index contributed by atoms with van der Waals surface area (Å²) >= 11 is 1.83. The van der Waals surface area contributed by atoms with Crippen molar-refractivity contribution >= 4 is 17.7 Å². The number of hydrogen-bond acceptors (Lipinski definition) is 3. The predicted molar refractivity (Wildman–Crippen MR) is 75.5 cm³/mol. The van der Waals surface area contributed by atoms with Crippen LogP contribution in [0.3, 0.4) is 0 Å². The molecule has 100 valence electrons. The molecule has 1 rings (SSSR count). The van der Waals surface area contributed by atoms with Crippen LogP contribution in [-0.4, -0.2) is 36.0 Å². The predicted octanol–water partition coefficient (Wildman–Crippen LogP) is 2.17. The van der Waals surface area contributed by atoms with Gasteiger partial charge in [0.05, 0.1) is 5.75 Å². The topological polar surface area (TPSA) is 41.1 Å². The van der Waals surface area contributed by atoms with Gasteiger partial charge < -0.3 is 10.6 Å². The van der Waals surface area contributed by atoms with Gasteiger partial charge in [0.15, 0.2) is 0 Å². The first-order valence-electron chi connectivity index (χ1n) is 6.89. The first-order chi connectivity index (χ1) is 8.27. The van der Waals surface area contributed by atoms with Crippen LogP contribution in [0.1, 0.15) is 46.0 Å². The van der Waals surface area contributed by atoms with Crippen LogP contribution in [0.5, 0.6) is 0 Å². The Bertz CT molecular complexity index is 223. The molecule has 1 aliphatic carbocycles. The number of thioether (sulfide) groups is 1. The van der Waals surface area contributed by atoms with Gasteiger partial charge in [0.25, 0.3) is 0 Å². The standard InChI is InChI=1S/C13H26N2OS/c1-3-9-15-11-7-5-6-8-12(11)17-10-13(16)14-4-2/h11-12,15H,3-10H2,1-2H3,(H,14,16). The number of amides is 1. The summed E-state index contributed by atoms with van der Waals surface area (Å²) in [5, 5.41) is 7.11. The minimum Gasteiger partial charge on any atom is -0.356 e. The molecule has 0 aliphatic heterocycles. The van der Waals surface area contributed by atoms with Crippen molar-refractivity contribution in [3.8, 4) is 0 Å². The molecule has 0 aromatic rings. The Morgan fingerprint density at radius 3 is 2.76 bits per heavy atom. The van der Waals surface area contributed by atoms with Crippen LogP contribution < -0.4 is 10.6 Å². The van der Waals surface area contributed by atoms with E-state index in [4.69, 9.17) is 0 Å². The highest BCUT2D eigenvalue weighted by atomic mass is 32.2. The van der Waals surface area contributed by atoms with Crippen LogP contribution in [0.15, 0.2) is 0 Å². The molecule has 0 aromatic carbocycles. The van der Waals surface area contributed by atoms with Crippen molar-refractivity contribution in [3.63, 3.8) is 0 Å². The van der Waals surface area contributed by atoms with Gasteiger partial charge in [-0.1, -0.05) is 19.8 Å². The summed E-state index contributed by atoms with van der Waals surface area (Å²) < 4.78 is 0. The van der Waals surface area contributed by atoms with E-state index in [1.54, 1.807) is 0 Å². The van der Waals surface area contributed by atoms with Crippen LogP contribution in [0.4, 0.5) is 0 Å². The van der Waals surface area contributed by atoms with E-state index in [-0.39, 0.29) is 5.91 Å². The zero-order valence-corrected chi connectivity index (χ0v) is 11.9. The molecule has 0 spiro atoms. The van der Waals surface area contributed by atoms with Crippen molar-refractivity contribution in [2.75, 3.05) is 18.8 Å². The Morgan fingerprint density at radius 1 is 1.29 bits per heavy atom. The van der Waals surface area contributed by atoms with Gasteiger partial charge in [-0.2, -0.15) is 0 Å². The fourth-order valence-electron chi connectivity index (χ4n) is 2.29. The molecule has 4 heteroatoms. The quantitative estimate of drug-likeness (QED) is 0.735. The van der Waals surface area contributed by atoms with Crippen LogP contribution >= 0.6 is 11.8 Å². The summed E-state index contributed by atoms with van der Waals surface area (Å²) in [6.45, 7) is 6.01. The first-order valence-corrected chi connectivity index (χ1v) is 7.94. The summed E-state index contributed by atoms with van der Waals surface area (Å²) in [6, 6.07) is 0.614. The normalized spacial score (nSPS) is 24.6. The molecule has 1 fully saturated rings. The van der Waals surface area contributed by atoms with E-state index in [1.165, 1.54) is 32.1 Å². The van der Waals surface area contributed by atoms with Crippen molar-refractivity contribution in [1.82, 2.24) is 10.6 Å². The van der Waals surface area contributed by atoms with Crippen molar-refractivity contribution in [3.05, 3.63) is 0 Å². The van der Waals surface area contributed by atoms with Crippen molar-refractivity contribution < 1.29 is 4.79 Å². The monoisotopic (exact) mass is 258 g/mol.